The Balaban J connectivity index is 2.25. The van der Waals surface area contributed by atoms with Crippen LogP contribution >= 0.6 is 11.6 Å². The Morgan fingerprint density at radius 2 is 1.97 bits per heavy atom. The van der Waals surface area contributed by atoms with Crippen LogP contribution in [0.2, 0.25) is 5.02 Å². The van der Waals surface area contributed by atoms with Crippen LogP contribution in [-0.2, 0) is 11.2 Å². The van der Waals surface area contributed by atoms with E-state index in [4.69, 9.17) is 16.3 Å². The van der Waals surface area contributed by atoms with Crippen LogP contribution in [0.5, 0.6) is 5.75 Å². The van der Waals surface area contributed by atoms with Gasteiger partial charge in [0.15, 0.2) is 11.3 Å². The maximum absolute atomic E-state index is 14.5. The molecule has 0 saturated heterocycles. The third-order valence-electron chi connectivity index (χ3n) is 5.68. The second-order valence-corrected chi connectivity index (χ2v) is 8.36. The van der Waals surface area contributed by atoms with E-state index < -0.39 is 40.4 Å². The predicted octanol–water partition coefficient (Wildman–Crippen LogP) is 4.07. The lowest BCUT2D eigenvalue weighted by Crippen LogP contribution is -2.55. The molecule has 9 heteroatoms. The molecule has 1 aliphatic rings. The topological polar surface area (TPSA) is 107 Å². The number of quaternary nitrogens is 1. The number of carboxylic acid groups (broad SMARTS) is 1. The van der Waals surface area contributed by atoms with Crippen LogP contribution < -0.4 is 9.38 Å². The Hall–Kier alpha value is -2.78. The number of ketones is 1. The number of nitrogens with zero attached hydrogens (tertiary/aromatic N) is 1. The minimum atomic E-state index is -1.54. The maximum Gasteiger partial charge on any atom is 0.345 e. The SMILES string of the molecule is COc1cc2c(cc1Cc1cccc(Cl)c1F)C(=O)C(C(=O)O)=C[N+]2([O-])[C@H](CO)C(C)C. The van der Waals surface area contributed by atoms with Gasteiger partial charge < -0.3 is 20.2 Å². The van der Waals surface area contributed by atoms with Crippen molar-refractivity contribution in [2.24, 2.45) is 5.92 Å². The molecule has 0 bridgehead atoms. The second-order valence-electron chi connectivity index (χ2n) is 7.95. The standard InChI is InChI=1S/C23H23ClFNO6/c1-12(2)19(11-27)26(31)10-16(23(29)30)22(28)15-8-14(20(32-3)9-18(15)26)7-13-5-4-6-17(24)21(13)25/h4-6,8-10,12,19,27H,7,11H2,1-3H3,(H,29,30)/t19-,26?/m1/s1. The summed E-state index contributed by atoms with van der Waals surface area (Å²) in [5.41, 5.74) is -0.232. The molecule has 3 rings (SSSR count). The van der Waals surface area contributed by atoms with Crippen LogP contribution in [0.1, 0.15) is 35.3 Å². The summed E-state index contributed by atoms with van der Waals surface area (Å²) < 4.78 is 18.5. The van der Waals surface area contributed by atoms with E-state index in [1.807, 2.05) is 0 Å². The Morgan fingerprint density at radius 1 is 1.28 bits per heavy atom. The number of aliphatic hydroxyl groups excluding tert-OH is 1. The molecular weight excluding hydrogens is 441 g/mol. The summed E-state index contributed by atoms with van der Waals surface area (Å²) in [7, 11) is 1.37. The number of carbonyl (C=O) groups excluding carboxylic acids is 1. The van der Waals surface area contributed by atoms with Crippen LogP contribution in [0.4, 0.5) is 10.1 Å². The van der Waals surface area contributed by atoms with E-state index in [0.29, 0.717) is 5.56 Å². The summed E-state index contributed by atoms with van der Waals surface area (Å²) in [6.45, 7) is 2.91. The molecule has 0 amide bonds. The van der Waals surface area contributed by atoms with Crippen molar-refractivity contribution in [1.82, 2.24) is 4.65 Å². The molecule has 0 aliphatic carbocycles. The van der Waals surface area contributed by atoms with Crippen molar-refractivity contribution < 1.29 is 28.9 Å². The Morgan fingerprint density at radius 3 is 2.53 bits per heavy atom. The monoisotopic (exact) mass is 463 g/mol. The van der Waals surface area contributed by atoms with E-state index >= 15 is 0 Å². The fourth-order valence-corrected chi connectivity index (χ4v) is 4.16. The molecule has 1 heterocycles. The highest BCUT2D eigenvalue weighted by atomic mass is 35.5. The zero-order valence-corrected chi connectivity index (χ0v) is 18.5. The second kappa shape index (κ2) is 8.99. The van der Waals surface area contributed by atoms with E-state index in [-0.39, 0.29) is 39.9 Å². The first-order valence-corrected chi connectivity index (χ1v) is 10.3. The van der Waals surface area contributed by atoms with Crippen molar-refractivity contribution >= 4 is 29.0 Å². The van der Waals surface area contributed by atoms with Gasteiger partial charge in [0.05, 0.1) is 24.3 Å². The van der Waals surface area contributed by atoms with Gasteiger partial charge in [-0.3, -0.25) is 9.44 Å². The molecule has 2 aromatic carbocycles. The first-order valence-electron chi connectivity index (χ1n) is 9.90. The number of aliphatic carboxylic acids is 1. The number of aliphatic hydroxyl groups is 1. The molecule has 1 unspecified atom stereocenters. The summed E-state index contributed by atoms with van der Waals surface area (Å²) >= 11 is 5.86. The van der Waals surface area contributed by atoms with E-state index in [9.17, 15) is 29.4 Å². The molecule has 2 aromatic rings. The first-order chi connectivity index (χ1) is 15.0. The Bertz CT molecular complexity index is 1120. The molecule has 32 heavy (non-hydrogen) atoms. The van der Waals surface area contributed by atoms with Gasteiger partial charge in [-0.25, -0.2) is 9.18 Å². The first kappa shape index (κ1) is 23.9. The fourth-order valence-electron chi connectivity index (χ4n) is 3.97. The predicted molar refractivity (Wildman–Crippen MR) is 118 cm³/mol. The number of Topliss-reactive ketones (excluding diaryl/α,β-unsaturated/α-hetero) is 1. The lowest BCUT2D eigenvalue weighted by atomic mass is 9.90. The highest BCUT2D eigenvalue weighted by molar-refractivity contribution is 6.30. The zero-order chi connectivity index (χ0) is 23.8. The smallest absolute Gasteiger partial charge is 0.345 e. The molecule has 0 aromatic heterocycles. The van der Waals surface area contributed by atoms with Crippen molar-refractivity contribution in [2.45, 2.75) is 26.3 Å². The van der Waals surface area contributed by atoms with Crippen LogP contribution in [-0.4, -0.2) is 41.7 Å². The normalized spacial score (nSPS) is 18.9. The van der Waals surface area contributed by atoms with Gasteiger partial charge in [0.1, 0.15) is 23.8 Å². The number of benzene rings is 2. The maximum atomic E-state index is 14.5. The van der Waals surface area contributed by atoms with E-state index in [2.05, 4.69) is 0 Å². The average Bonchev–Trinajstić information content (AvgIpc) is 2.73. The lowest BCUT2D eigenvalue weighted by Gasteiger charge is -2.48. The minimum Gasteiger partial charge on any atom is -0.622 e. The van der Waals surface area contributed by atoms with Gasteiger partial charge in [0, 0.05) is 18.4 Å². The van der Waals surface area contributed by atoms with Crippen LogP contribution in [0, 0.1) is 16.9 Å². The zero-order valence-electron chi connectivity index (χ0n) is 17.8. The van der Waals surface area contributed by atoms with Crippen LogP contribution in [0.3, 0.4) is 0 Å². The molecule has 0 radical (unpaired) electrons. The number of hydroxylamine groups is 2. The number of ether oxygens (including phenoxy) is 1. The van der Waals surface area contributed by atoms with Gasteiger partial charge in [0.25, 0.3) is 0 Å². The van der Waals surface area contributed by atoms with Gasteiger partial charge in [-0.2, -0.15) is 0 Å². The molecule has 7 nitrogen and oxygen atoms in total. The largest absolute Gasteiger partial charge is 0.622 e. The number of methoxy groups -OCH3 is 1. The average molecular weight is 464 g/mol. The van der Waals surface area contributed by atoms with Gasteiger partial charge in [0.2, 0.25) is 5.78 Å². The number of rotatable bonds is 7. The summed E-state index contributed by atoms with van der Waals surface area (Å²) in [4.78, 5) is 24.7. The highest BCUT2D eigenvalue weighted by Gasteiger charge is 2.43. The number of hydrogen-bond acceptors (Lipinski definition) is 5. The number of halogens is 2. The molecule has 2 atom stereocenters. The molecule has 2 N–H and O–H groups in total. The molecule has 0 spiro atoms. The van der Waals surface area contributed by atoms with E-state index in [1.54, 1.807) is 19.9 Å². The summed E-state index contributed by atoms with van der Waals surface area (Å²) in [6, 6.07) is 6.26. The highest BCUT2D eigenvalue weighted by Crippen LogP contribution is 2.42. The lowest BCUT2D eigenvalue weighted by molar-refractivity contribution is -0.132. The Kier molecular flexibility index (Phi) is 6.71. The minimum absolute atomic E-state index is 0.00525. The number of carboxylic acids is 1. The van der Waals surface area contributed by atoms with Crippen molar-refractivity contribution in [3.05, 3.63) is 74.8 Å². The molecule has 170 valence electrons. The van der Waals surface area contributed by atoms with Gasteiger partial charge in [-0.1, -0.05) is 37.6 Å². The van der Waals surface area contributed by atoms with E-state index in [1.165, 1.54) is 31.4 Å². The number of carbonyl (C=O) groups is 2. The Labute approximate surface area is 189 Å². The molecule has 0 fully saturated rings. The van der Waals surface area contributed by atoms with E-state index in [0.717, 1.165) is 6.20 Å². The van der Waals surface area contributed by atoms with Crippen molar-refractivity contribution in [1.29, 1.82) is 0 Å². The van der Waals surface area contributed by atoms with Gasteiger partial charge in [-0.15, -0.1) is 0 Å². The third kappa shape index (κ3) is 4.02. The molecule has 0 saturated carbocycles. The summed E-state index contributed by atoms with van der Waals surface area (Å²) in [5, 5.41) is 33.3. The summed E-state index contributed by atoms with van der Waals surface area (Å²) in [5.74, 6) is -3.12. The molecule has 1 aliphatic heterocycles. The number of fused-ring (bicyclic) bond motifs is 1. The van der Waals surface area contributed by atoms with Crippen molar-refractivity contribution in [3.63, 3.8) is 0 Å². The molecular formula is C23H23ClFNO6. The fraction of sp³-hybridized carbons (Fsp3) is 0.304. The quantitative estimate of drug-likeness (QED) is 0.364. The van der Waals surface area contributed by atoms with Crippen molar-refractivity contribution in [3.8, 4) is 5.75 Å². The summed E-state index contributed by atoms with van der Waals surface area (Å²) in [6.07, 6.45) is 0.818. The third-order valence-corrected chi connectivity index (χ3v) is 5.97. The van der Waals surface area contributed by atoms with Crippen molar-refractivity contribution in [2.75, 3.05) is 13.7 Å². The number of hydrogen-bond donors (Lipinski definition) is 2. The van der Waals surface area contributed by atoms with Crippen LogP contribution in [0.15, 0.2) is 42.1 Å². The van der Waals surface area contributed by atoms with Crippen LogP contribution in [0.25, 0.3) is 0 Å². The van der Waals surface area contributed by atoms with Gasteiger partial charge >= 0.3 is 5.97 Å². The van der Waals surface area contributed by atoms with Gasteiger partial charge in [-0.05, 0) is 23.3 Å².